The number of nitrogens with zero attached hydrogens (tertiary/aromatic N) is 1. The van der Waals surface area contributed by atoms with Gasteiger partial charge in [-0.1, -0.05) is 27.7 Å². The van der Waals surface area contributed by atoms with Gasteiger partial charge in [-0.15, -0.1) is 0 Å². The summed E-state index contributed by atoms with van der Waals surface area (Å²) < 4.78 is 5.51. The van der Waals surface area contributed by atoms with Gasteiger partial charge in [-0.05, 0) is 45.8 Å². The van der Waals surface area contributed by atoms with Gasteiger partial charge in [0, 0.05) is 13.2 Å². The standard InChI is InChI=1S/C11H25NO.C2H6/c1-11(2)7-5-9-13-10-6-8-12(3)4;1-2/h11H,5-10H2,1-4H3;1-2H3. The molecule has 0 saturated heterocycles. The first-order valence-electron chi connectivity index (χ1n) is 6.35. The maximum Gasteiger partial charge on any atom is 0.0478 e. The van der Waals surface area contributed by atoms with Crippen LogP contribution in [0, 0.1) is 5.92 Å². The molecule has 0 unspecified atom stereocenters. The van der Waals surface area contributed by atoms with Crippen molar-refractivity contribution in [2.45, 2.75) is 47.0 Å². The van der Waals surface area contributed by atoms with E-state index in [4.69, 9.17) is 4.74 Å². The molecule has 94 valence electrons. The van der Waals surface area contributed by atoms with E-state index in [0.29, 0.717) is 0 Å². The Hall–Kier alpha value is -0.0800. The van der Waals surface area contributed by atoms with E-state index in [0.717, 1.165) is 32.1 Å². The molecule has 0 saturated carbocycles. The molecule has 15 heavy (non-hydrogen) atoms. The van der Waals surface area contributed by atoms with E-state index in [1.165, 1.54) is 12.8 Å². The highest BCUT2D eigenvalue weighted by atomic mass is 16.5. The summed E-state index contributed by atoms with van der Waals surface area (Å²) in [5.74, 6) is 0.811. The maximum atomic E-state index is 5.51. The SMILES string of the molecule is CC.CC(C)CCCOCCCN(C)C. The first-order chi connectivity index (χ1) is 7.13. The van der Waals surface area contributed by atoms with Crippen LogP contribution < -0.4 is 0 Å². The summed E-state index contributed by atoms with van der Waals surface area (Å²) in [5, 5.41) is 0. The van der Waals surface area contributed by atoms with Crippen LogP contribution in [0.25, 0.3) is 0 Å². The van der Waals surface area contributed by atoms with Crippen LogP contribution in [0.1, 0.15) is 47.0 Å². The van der Waals surface area contributed by atoms with Crippen molar-refractivity contribution in [3.05, 3.63) is 0 Å². The van der Waals surface area contributed by atoms with Crippen molar-refractivity contribution in [1.29, 1.82) is 0 Å². The molecule has 0 rings (SSSR count). The van der Waals surface area contributed by atoms with Crippen LogP contribution in [0.5, 0.6) is 0 Å². The molecule has 2 heteroatoms. The van der Waals surface area contributed by atoms with Gasteiger partial charge in [0.05, 0.1) is 0 Å². The van der Waals surface area contributed by atoms with Gasteiger partial charge < -0.3 is 9.64 Å². The van der Waals surface area contributed by atoms with Crippen LogP contribution in [-0.2, 0) is 4.74 Å². The Morgan fingerprint density at radius 3 is 2.00 bits per heavy atom. The molecular weight excluding hydrogens is 186 g/mol. The predicted octanol–water partition coefficient (Wildman–Crippen LogP) is 3.42. The Balaban J connectivity index is 0. The van der Waals surface area contributed by atoms with Crippen molar-refractivity contribution in [1.82, 2.24) is 4.90 Å². The second-order valence-corrected chi connectivity index (χ2v) is 4.31. The van der Waals surface area contributed by atoms with Crippen molar-refractivity contribution in [2.75, 3.05) is 33.9 Å². The van der Waals surface area contributed by atoms with Gasteiger partial charge >= 0.3 is 0 Å². The molecule has 0 atom stereocenters. The van der Waals surface area contributed by atoms with E-state index in [1.54, 1.807) is 0 Å². The molecule has 0 radical (unpaired) electrons. The summed E-state index contributed by atoms with van der Waals surface area (Å²) in [6, 6.07) is 0. The third-order valence-electron chi connectivity index (χ3n) is 1.96. The molecule has 0 aromatic heterocycles. The monoisotopic (exact) mass is 217 g/mol. The topological polar surface area (TPSA) is 12.5 Å². The molecule has 0 bridgehead atoms. The first kappa shape index (κ1) is 17.3. The molecule has 0 spiro atoms. The predicted molar refractivity (Wildman–Crippen MR) is 69.4 cm³/mol. The average Bonchev–Trinajstić information content (AvgIpc) is 2.18. The normalized spacial score (nSPS) is 10.4. The van der Waals surface area contributed by atoms with Crippen LogP contribution in [0.15, 0.2) is 0 Å². The fourth-order valence-corrected chi connectivity index (χ4v) is 1.18. The molecule has 0 aromatic rings. The van der Waals surface area contributed by atoms with Gasteiger partial charge in [0.1, 0.15) is 0 Å². The zero-order chi connectivity index (χ0) is 12.1. The van der Waals surface area contributed by atoms with Gasteiger partial charge in [0.2, 0.25) is 0 Å². The Bertz CT molecular complexity index is 90.7. The largest absolute Gasteiger partial charge is 0.381 e. The lowest BCUT2D eigenvalue weighted by atomic mass is 10.1. The third kappa shape index (κ3) is 20.1. The van der Waals surface area contributed by atoms with Crippen LogP contribution in [0.2, 0.25) is 0 Å². The van der Waals surface area contributed by atoms with Gasteiger partial charge in [-0.25, -0.2) is 0 Å². The van der Waals surface area contributed by atoms with Crippen molar-refractivity contribution in [2.24, 2.45) is 5.92 Å². The lowest BCUT2D eigenvalue weighted by molar-refractivity contribution is 0.120. The quantitative estimate of drug-likeness (QED) is 0.578. The number of ether oxygens (including phenoxy) is 1. The lowest BCUT2D eigenvalue weighted by Crippen LogP contribution is -2.15. The highest BCUT2D eigenvalue weighted by Crippen LogP contribution is 2.03. The van der Waals surface area contributed by atoms with Crippen LogP contribution in [0.3, 0.4) is 0 Å². The molecule has 0 aromatic carbocycles. The second-order valence-electron chi connectivity index (χ2n) is 4.31. The number of rotatable bonds is 8. The van der Waals surface area contributed by atoms with E-state index < -0.39 is 0 Å². The minimum atomic E-state index is 0.811. The lowest BCUT2D eigenvalue weighted by Gasteiger charge is -2.09. The van der Waals surface area contributed by atoms with Crippen molar-refractivity contribution in [3.8, 4) is 0 Å². The Morgan fingerprint density at radius 2 is 1.53 bits per heavy atom. The minimum absolute atomic E-state index is 0.811. The van der Waals surface area contributed by atoms with E-state index in [9.17, 15) is 0 Å². The Labute approximate surface area is 97.0 Å². The second kappa shape index (κ2) is 13.9. The van der Waals surface area contributed by atoms with Crippen LogP contribution >= 0.6 is 0 Å². The van der Waals surface area contributed by atoms with Crippen LogP contribution in [0.4, 0.5) is 0 Å². The maximum absolute atomic E-state index is 5.51. The molecule has 0 aliphatic rings. The molecule has 0 amide bonds. The molecule has 0 N–H and O–H groups in total. The molecule has 0 aliphatic heterocycles. The minimum Gasteiger partial charge on any atom is -0.381 e. The average molecular weight is 217 g/mol. The van der Waals surface area contributed by atoms with Crippen molar-refractivity contribution < 1.29 is 4.74 Å². The van der Waals surface area contributed by atoms with Gasteiger partial charge in [-0.3, -0.25) is 0 Å². The van der Waals surface area contributed by atoms with E-state index in [1.807, 2.05) is 13.8 Å². The number of hydrogen-bond donors (Lipinski definition) is 0. The Morgan fingerprint density at radius 1 is 1.00 bits per heavy atom. The first-order valence-corrected chi connectivity index (χ1v) is 6.35. The van der Waals surface area contributed by atoms with Gasteiger partial charge in [-0.2, -0.15) is 0 Å². The molecular formula is C13H31NO. The van der Waals surface area contributed by atoms with E-state index in [-0.39, 0.29) is 0 Å². The fourth-order valence-electron chi connectivity index (χ4n) is 1.18. The van der Waals surface area contributed by atoms with Crippen molar-refractivity contribution in [3.63, 3.8) is 0 Å². The fraction of sp³-hybridized carbons (Fsp3) is 1.00. The highest BCUT2D eigenvalue weighted by molar-refractivity contribution is 4.46. The highest BCUT2D eigenvalue weighted by Gasteiger charge is 1.94. The van der Waals surface area contributed by atoms with E-state index in [2.05, 4.69) is 32.8 Å². The summed E-state index contributed by atoms with van der Waals surface area (Å²) in [7, 11) is 4.19. The molecule has 2 nitrogen and oxygen atoms in total. The summed E-state index contributed by atoms with van der Waals surface area (Å²) in [5.41, 5.74) is 0. The van der Waals surface area contributed by atoms with Gasteiger partial charge in [0.25, 0.3) is 0 Å². The van der Waals surface area contributed by atoms with E-state index >= 15 is 0 Å². The third-order valence-corrected chi connectivity index (χ3v) is 1.96. The molecule has 0 aliphatic carbocycles. The molecule has 0 heterocycles. The summed E-state index contributed by atoms with van der Waals surface area (Å²) in [6.07, 6.45) is 3.64. The smallest absolute Gasteiger partial charge is 0.0478 e. The van der Waals surface area contributed by atoms with Crippen LogP contribution in [-0.4, -0.2) is 38.8 Å². The molecule has 0 fully saturated rings. The summed E-state index contributed by atoms with van der Waals surface area (Å²) >= 11 is 0. The van der Waals surface area contributed by atoms with Crippen molar-refractivity contribution >= 4 is 0 Å². The number of hydrogen-bond acceptors (Lipinski definition) is 2. The Kier molecular flexibility index (Phi) is 16.1. The summed E-state index contributed by atoms with van der Waals surface area (Å²) in [6.45, 7) is 11.5. The zero-order valence-electron chi connectivity index (χ0n) is 11.7. The summed E-state index contributed by atoms with van der Waals surface area (Å²) in [4.78, 5) is 2.19. The van der Waals surface area contributed by atoms with Gasteiger partial charge in [0.15, 0.2) is 0 Å². The zero-order valence-corrected chi connectivity index (χ0v) is 11.7.